The van der Waals surface area contributed by atoms with Gasteiger partial charge in [0, 0.05) is 0 Å². The summed E-state index contributed by atoms with van der Waals surface area (Å²) < 4.78 is 2.82. The summed E-state index contributed by atoms with van der Waals surface area (Å²) >= 11 is 0. The molecule has 19 heavy (non-hydrogen) atoms. The lowest BCUT2D eigenvalue weighted by Crippen LogP contribution is -3.12. The summed E-state index contributed by atoms with van der Waals surface area (Å²) in [6.07, 6.45) is 3.77. The molecule has 0 amide bonds. The van der Waals surface area contributed by atoms with Gasteiger partial charge in [-0.25, -0.2) is 4.79 Å². The number of rotatable bonds is 3. The van der Waals surface area contributed by atoms with Crippen LogP contribution in [0, 0.1) is 0 Å². The SMILES string of the molecule is O=c1n(C[NH+]2CCCCC2)nnn1-c1ccccc1. The number of piperidine rings is 1. The van der Waals surface area contributed by atoms with Crippen LogP contribution in [0.4, 0.5) is 0 Å². The third-order valence-electron chi connectivity index (χ3n) is 3.57. The summed E-state index contributed by atoms with van der Waals surface area (Å²) in [4.78, 5) is 13.6. The van der Waals surface area contributed by atoms with Crippen LogP contribution in [0.25, 0.3) is 5.69 Å². The van der Waals surface area contributed by atoms with Gasteiger partial charge >= 0.3 is 5.69 Å². The molecule has 1 aliphatic heterocycles. The average Bonchev–Trinajstić information content (AvgIpc) is 2.82. The molecule has 0 aliphatic carbocycles. The maximum atomic E-state index is 12.2. The highest BCUT2D eigenvalue weighted by Crippen LogP contribution is 2.00. The van der Waals surface area contributed by atoms with Crippen LogP contribution in [0.1, 0.15) is 19.3 Å². The summed E-state index contributed by atoms with van der Waals surface area (Å²) in [5, 5.41) is 7.94. The van der Waals surface area contributed by atoms with Gasteiger partial charge in [-0.15, -0.1) is 4.68 Å². The Morgan fingerprint density at radius 3 is 2.53 bits per heavy atom. The van der Waals surface area contributed by atoms with E-state index in [4.69, 9.17) is 0 Å². The van der Waals surface area contributed by atoms with Crippen molar-refractivity contribution < 1.29 is 4.90 Å². The number of benzene rings is 1. The van der Waals surface area contributed by atoms with Crippen molar-refractivity contribution in [3.05, 3.63) is 40.8 Å². The number of hydrogen-bond donors (Lipinski definition) is 1. The van der Waals surface area contributed by atoms with Crippen LogP contribution in [0.3, 0.4) is 0 Å². The molecule has 1 saturated heterocycles. The Bertz CT molecular complexity index is 583. The molecule has 0 atom stereocenters. The molecule has 0 radical (unpaired) electrons. The van der Waals surface area contributed by atoms with Crippen LogP contribution >= 0.6 is 0 Å². The number of hydrogen-bond acceptors (Lipinski definition) is 3. The fraction of sp³-hybridized carbons (Fsp3) is 0.462. The Balaban J connectivity index is 1.81. The van der Waals surface area contributed by atoms with Crippen LogP contribution in [0.2, 0.25) is 0 Å². The first-order valence-electron chi connectivity index (χ1n) is 6.76. The number of tetrazole rings is 1. The van der Waals surface area contributed by atoms with E-state index in [2.05, 4.69) is 10.4 Å². The molecule has 2 aromatic rings. The van der Waals surface area contributed by atoms with Gasteiger partial charge in [-0.05, 0) is 41.8 Å². The Kier molecular flexibility index (Phi) is 3.41. The number of quaternary nitrogens is 1. The summed E-state index contributed by atoms with van der Waals surface area (Å²) in [6.45, 7) is 2.85. The monoisotopic (exact) mass is 260 g/mol. The van der Waals surface area contributed by atoms with Crippen molar-refractivity contribution >= 4 is 0 Å². The van der Waals surface area contributed by atoms with Crippen molar-refractivity contribution in [1.29, 1.82) is 0 Å². The summed E-state index contributed by atoms with van der Waals surface area (Å²) in [5.74, 6) is 0. The minimum Gasteiger partial charge on any atom is -0.316 e. The molecule has 6 nitrogen and oxygen atoms in total. The first kappa shape index (κ1) is 12.1. The highest BCUT2D eigenvalue weighted by molar-refractivity contribution is 5.28. The quantitative estimate of drug-likeness (QED) is 0.806. The van der Waals surface area contributed by atoms with Crippen LogP contribution in [-0.2, 0) is 6.67 Å². The Labute approximate surface area is 111 Å². The third kappa shape index (κ3) is 2.58. The first-order valence-corrected chi connectivity index (χ1v) is 6.76. The van der Waals surface area contributed by atoms with E-state index >= 15 is 0 Å². The van der Waals surface area contributed by atoms with E-state index in [0.29, 0.717) is 6.67 Å². The van der Waals surface area contributed by atoms with Gasteiger partial charge < -0.3 is 4.90 Å². The Morgan fingerprint density at radius 1 is 1.05 bits per heavy atom. The number of para-hydroxylation sites is 1. The van der Waals surface area contributed by atoms with E-state index in [1.54, 1.807) is 0 Å². The van der Waals surface area contributed by atoms with Crippen molar-refractivity contribution in [2.24, 2.45) is 0 Å². The van der Waals surface area contributed by atoms with Crippen molar-refractivity contribution in [1.82, 2.24) is 19.8 Å². The number of likely N-dealkylation sites (tertiary alicyclic amines) is 1. The number of aromatic nitrogens is 4. The van der Waals surface area contributed by atoms with Crippen LogP contribution in [0.5, 0.6) is 0 Å². The van der Waals surface area contributed by atoms with Gasteiger partial charge in [0.15, 0.2) is 6.67 Å². The van der Waals surface area contributed by atoms with Crippen LogP contribution in [-0.4, -0.2) is 32.9 Å². The van der Waals surface area contributed by atoms with E-state index in [1.807, 2.05) is 30.3 Å². The van der Waals surface area contributed by atoms with Gasteiger partial charge in [0.1, 0.15) is 0 Å². The molecule has 0 saturated carbocycles. The average molecular weight is 260 g/mol. The topological polar surface area (TPSA) is 57.1 Å². The number of nitrogens with one attached hydrogen (secondary N) is 1. The number of nitrogens with zero attached hydrogens (tertiary/aromatic N) is 4. The van der Waals surface area contributed by atoms with Gasteiger partial charge in [-0.3, -0.25) is 0 Å². The predicted molar refractivity (Wildman–Crippen MR) is 70.2 cm³/mol. The highest BCUT2D eigenvalue weighted by atomic mass is 16.2. The zero-order chi connectivity index (χ0) is 13.1. The Hall–Kier alpha value is -1.95. The second-order valence-corrected chi connectivity index (χ2v) is 4.98. The molecule has 0 unspecified atom stereocenters. The fourth-order valence-corrected chi connectivity index (χ4v) is 2.53. The van der Waals surface area contributed by atoms with E-state index in [9.17, 15) is 4.79 Å². The van der Waals surface area contributed by atoms with Crippen LogP contribution < -0.4 is 10.6 Å². The zero-order valence-corrected chi connectivity index (χ0v) is 10.8. The lowest BCUT2D eigenvalue weighted by atomic mass is 10.1. The lowest BCUT2D eigenvalue weighted by Gasteiger charge is -2.22. The normalized spacial score (nSPS) is 16.6. The highest BCUT2D eigenvalue weighted by Gasteiger charge is 2.17. The lowest BCUT2D eigenvalue weighted by molar-refractivity contribution is -0.928. The zero-order valence-electron chi connectivity index (χ0n) is 10.8. The molecule has 2 heterocycles. The molecule has 1 aromatic heterocycles. The molecule has 3 rings (SSSR count). The fourth-order valence-electron chi connectivity index (χ4n) is 2.53. The molecule has 0 spiro atoms. The van der Waals surface area contributed by atoms with E-state index < -0.39 is 0 Å². The molecule has 1 aliphatic rings. The second kappa shape index (κ2) is 5.36. The maximum Gasteiger partial charge on any atom is 0.373 e. The van der Waals surface area contributed by atoms with Crippen molar-refractivity contribution in [2.45, 2.75) is 25.9 Å². The minimum atomic E-state index is -0.163. The molecule has 0 bridgehead atoms. The molecule has 1 N–H and O–H groups in total. The van der Waals surface area contributed by atoms with E-state index in [0.717, 1.165) is 18.8 Å². The van der Waals surface area contributed by atoms with Crippen molar-refractivity contribution in [3.8, 4) is 5.69 Å². The van der Waals surface area contributed by atoms with Gasteiger partial charge in [0.05, 0.1) is 18.8 Å². The minimum absolute atomic E-state index is 0.163. The van der Waals surface area contributed by atoms with Crippen LogP contribution in [0.15, 0.2) is 35.1 Å². The summed E-state index contributed by atoms with van der Waals surface area (Å²) in [6, 6.07) is 9.40. The molecular weight excluding hydrogens is 242 g/mol. The molecule has 1 fully saturated rings. The first-order chi connectivity index (χ1) is 9.34. The molecule has 6 heteroatoms. The van der Waals surface area contributed by atoms with Crippen molar-refractivity contribution in [3.63, 3.8) is 0 Å². The van der Waals surface area contributed by atoms with E-state index in [-0.39, 0.29) is 5.69 Å². The summed E-state index contributed by atoms with van der Waals surface area (Å²) in [7, 11) is 0. The van der Waals surface area contributed by atoms with Crippen molar-refractivity contribution in [2.75, 3.05) is 13.1 Å². The second-order valence-electron chi connectivity index (χ2n) is 4.98. The van der Waals surface area contributed by atoms with Gasteiger partial charge in [0.25, 0.3) is 0 Å². The molecule has 1 aromatic carbocycles. The molecular formula is C13H18N5O+. The summed E-state index contributed by atoms with van der Waals surface area (Å²) in [5.41, 5.74) is 0.594. The maximum absolute atomic E-state index is 12.2. The van der Waals surface area contributed by atoms with Gasteiger partial charge in [0.2, 0.25) is 0 Å². The molecule has 100 valence electrons. The Morgan fingerprint density at radius 2 is 1.79 bits per heavy atom. The van der Waals surface area contributed by atoms with E-state index in [1.165, 1.54) is 33.5 Å². The van der Waals surface area contributed by atoms with Gasteiger partial charge in [-0.1, -0.05) is 18.2 Å². The third-order valence-corrected chi connectivity index (χ3v) is 3.57. The standard InChI is InChI=1S/C13H17N5O/c19-13-17(11-16-9-5-2-6-10-16)14-15-18(13)12-7-3-1-4-8-12/h1,3-4,7-8H,2,5-6,9-11H2/p+1. The van der Waals surface area contributed by atoms with Gasteiger partial charge in [-0.2, -0.15) is 4.68 Å². The smallest absolute Gasteiger partial charge is 0.316 e. The predicted octanol–water partition coefficient (Wildman–Crippen LogP) is -0.545. The largest absolute Gasteiger partial charge is 0.373 e.